The first kappa shape index (κ1) is 21.9. The molecule has 4 nitrogen and oxygen atoms in total. The van der Waals surface area contributed by atoms with Crippen molar-refractivity contribution in [3.05, 3.63) is 42.7 Å². The zero-order valence-corrected chi connectivity index (χ0v) is 14.8. The van der Waals surface area contributed by atoms with Gasteiger partial charge in [0.1, 0.15) is 0 Å². The van der Waals surface area contributed by atoms with Crippen LogP contribution in [0.1, 0.15) is 37.7 Å². The van der Waals surface area contributed by atoms with E-state index in [4.69, 9.17) is 0 Å². The van der Waals surface area contributed by atoms with Gasteiger partial charge in [-0.25, -0.2) is 0 Å². The molecular formula is C17H25Cl2N3O-2. The van der Waals surface area contributed by atoms with Crippen LogP contribution in [0.5, 0.6) is 0 Å². The van der Waals surface area contributed by atoms with E-state index in [9.17, 15) is 4.79 Å². The monoisotopic (exact) mass is 357 g/mol. The summed E-state index contributed by atoms with van der Waals surface area (Å²) >= 11 is 0. The van der Waals surface area contributed by atoms with Gasteiger partial charge in [0.15, 0.2) is 0 Å². The molecule has 1 aromatic rings. The second-order valence-corrected chi connectivity index (χ2v) is 5.65. The van der Waals surface area contributed by atoms with Gasteiger partial charge in [-0.1, -0.05) is 6.08 Å². The first-order valence-electron chi connectivity index (χ1n) is 7.80. The minimum atomic E-state index is 0. The Morgan fingerprint density at radius 3 is 2.48 bits per heavy atom. The van der Waals surface area contributed by atoms with Gasteiger partial charge in [-0.05, 0) is 56.3 Å². The SMILES string of the molecule is C=CCCNC1CCC(C(=O)NCc2ccncc2)CC1.[Cl-].[Cl-]. The lowest BCUT2D eigenvalue weighted by atomic mass is 9.85. The number of aromatic nitrogens is 1. The molecule has 1 saturated carbocycles. The van der Waals surface area contributed by atoms with E-state index in [1.165, 1.54) is 0 Å². The molecule has 2 N–H and O–H groups in total. The van der Waals surface area contributed by atoms with Gasteiger partial charge in [0.25, 0.3) is 0 Å². The largest absolute Gasteiger partial charge is 1.00 e. The Bertz CT molecular complexity index is 448. The van der Waals surface area contributed by atoms with Crippen LogP contribution in [0, 0.1) is 5.92 Å². The molecule has 130 valence electrons. The van der Waals surface area contributed by atoms with Crippen molar-refractivity contribution in [2.45, 2.75) is 44.7 Å². The Hall–Kier alpha value is -1.10. The van der Waals surface area contributed by atoms with Crippen molar-refractivity contribution in [1.82, 2.24) is 15.6 Å². The Labute approximate surface area is 151 Å². The van der Waals surface area contributed by atoms with Crippen molar-refractivity contribution in [3.63, 3.8) is 0 Å². The van der Waals surface area contributed by atoms with Crippen molar-refractivity contribution in [1.29, 1.82) is 0 Å². The first-order chi connectivity index (χ1) is 10.3. The predicted molar refractivity (Wildman–Crippen MR) is 84.6 cm³/mol. The van der Waals surface area contributed by atoms with Crippen LogP contribution in [0.15, 0.2) is 37.2 Å². The molecule has 0 aromatic carbocycles. The van der Waals surface area contributed by atoms with E-state index in [0.29, 0.717) is 12.6 Å². The van der Waals surface area contributed by atoms with Crippen LogP contribution in [0.4, 0.5) is 0 Å². The van der Waals surface area contributed by atoms with Crippen molar-refractivity contribution < 1.29 is 29.6 Å². The minimum Gasteiger partial charge on any atom is -1.00 e. The van der Waals surface area contributed by atoms with E-state index >= 15 is 0 Å². The van der Waals surface area contributed by atoms with E-state index in [-0.39, 0.29) is 36.6 Å². The molecule has 1 aliphatic rings. The molecule has 0 bridgehead atoms. The summed E-state index contributed by atoms with van der Waals surface area (Å²) in [7, 11) is 0. The highest BCUT2D eigenvalue weighted by atomic mass is 35.5. The normalized spacial score (nSPS) is 19.8. The molecule has 0 saturated heterocycles. The van der Waals surface area contributed by atoms with Crippen molar-refractivity contribution in [2.24, 2.45) is 5.92 Å². The van der Waals surface area contributed by atoms with Crippen LogP contribution >= 0.6 is 0 Å². The highest BCUT2D eigenvalue weighted by molar-refractivity contribution is 5.78. The van der Waals surface area contributed by atoms with Crippen LogP contribution in [0.3, 0.4) is 0 Å². The second-order valence-electron chi connectivity index (χ2n) is 5.65. The minimum absolute atomic E-state index is 0. The topological polar surface area (TPSA) is 54.0 Å². The average Bonchev–Trinajstić information content (AvgIpc) is 2.54. The number of halogens is 2. The van der Waals surface area contributed by atoms with Gasteiger partial charge in [0.05, 0.1) is 0 Å². The lowest BCUT2D eigenvalue weighted by molar-refractivity contribution is -0.126. The summed E-state index contributed by atoms with van der Waals surface area (Å²) in [5.41, 5.74) is 1.10. The Kier molecular flexibility index (Phi) is 11.7. The summed E-state index contributed by atoms with van der Waals surface area (Å²) in [4.78, 5) is 16.2. The lowest BCUT2D eigenvalue weighted by Gasteiger charge is -2.28. The summed E-state index contributed by atoms with van der Waals surface area (Å²) in [5, 5.41) is 6.57. The molecule has 23 heavy (non-hydrogen) atoms. The Morgan fingerprint density at radius 1 is 1.22 bits per heavy atom. The standard InChI is InChI=1S/C17H25N3O.2ClH/c1-2-3-10-19-16-6-4-15(5-7-16)17(21)20-13-14-8-11-18-12-9-14;;/h2,8-9,11-12,15-16,19H,1,3-7,10,13H2,(H,20,21);2*1H/p-2. The van der Waals surface area contributed by atoms with Gasteiger partial charge in [-0.15, -0.1) is 6.58 Å². The van der Waals surface area contributed by atoms with Crippen LogP contribution in [-0.4, -0.2) is 23.5 Å². The quantitative estimate of drug-likeness (QED) is 0.392. The van der Waals surface area contributed by atoms with E-state index in [2.05, 4.69) is 22.2 Å². The molecule has 6 heteroatoms. The number of rotatable bonds is 7. The maximum Gasteiger partial charge on any atom is 0.223 e. The summed E-state index contributed by atoms with van der Waals surface area (Å²) in [6.07, 6.45) is 10.6. The number of hydrogen-bond acceptors (Lipinski definition) is 3. The van der Waals surface area contributed by atoms with Crippen molar-refractivity contribution in [2.75, 3.05) is 6.54 Å². The number of nitrogens with zero attached hydrogens (tertiary/aromatic N) is 1. The highest BCUT2D eigenvalue weighted by Gasteiger charge is 2.25. The highest BCUT2D eigenvalue weighted by Crippen LogP contribution is 2.24. The molecular weight excluding hydrogens is 333 g/mol. The fourth-order valence-corrected chi connectivity index (χ4v) is 2.78. The summed E-state index contributed by atoms with van der Waals surface area (Å²) in [6.45, 7) is 5.32. The Balaban J connectivity index is 0.00000242. The summed E-state index contributed by atoms with van der Waals surface area (Å²) < 4.78 is 0. The van der Waals surface area contributed by atoms with Crippen LogP contribution in [0.25, 0.3) is 0 Å². The number of carbonyl (C=O) groups excluding carboxylic acids is 1. The fraction of sp³-hybridized carbons (Fsp3) is 0.529. The molecule has 0 aliphatic heterocycles. The van der Waals surface area contributed by atoms with Gasteiger partial charge in [-0.2, -0.15) is 0 Å². The third-order valence-corrected chi connectivity index (χ3v) is 4.10. The molecule has 2 rings (SSSR count). The second kappa shape index (κ2) is 12.3. The van der Waals surface area contributed by atoms with E-state index in [1.54, 1.807) is 12.4 Å². The van der Waals surface area contributed by atoms with E-state index < -0.39 is 0 Å². The molecule has 1 aromatic heterocycles. The molecule has 0 radical (unpaired) electrons. The van der Waals surface area contributed by atoms with Crippen LogP contribution in [-0.2, 0) is 11.3 Å². The van der Waals surface area contributed by atoms with Gasteiger partial charge >= 0.3 is 0 Å². The van der Waals surface area contributed by atoms with Crippen LogP contribution in [0.2, 0.25) is 0 Å². The Morgan fingerprint density at radius 2 is 1.87 bits per heavy atom. The van der Waals surface area contributed by atoms with Gasteiger partial charge in [-0.3, -0.25) is 9.78 Å². The van der Waals surface area contributed by atoms with Crippen molar-refractivity contribution in [3.8, 4) is 0 Å². The summed E-state index contributed by atoms with van der Waals surface area (Å²) in [5.74, 6) is 0.362. The van der Waals surface area contributed by atoms with Crippen LogP contribution < -0.4 is 35.4 Å². The maximum atomic E-state index is 12.2. The molecule has 1 amide bonds. The van der Waals surface area contributed by atoms with Gasteiger partial charge in [0.2, 0.25) is 5.91 Å². The number of nitrogens with one attached hydrogen (secondary N) is 2. The van der Waals surface area contributed by atoms with E-state index in [1.807, 2.05) is 18.2 Å². The average molecular weight is 358 g/mol. The molecule has 1 aliphatic carbocycles. The van der Waals surface area contributed by atoms with Gasteiger partial charge < -0.3 is 35.4 Å². The van der Waals surface area contributed by atoms with Crippen molar-refractivity contribution >= 4 is 5.91 Å². The molecule has 0 atom stereocenters. The number of hydrogen-bond donors (Lipinski definition) is 2. The summed E-state index contributed by atoms with van der Waals surface area (Å²) in [6, 6.07) is 4.43. The van der Waals surface area contributed by atoms with E-state index in [0.717, 1.165) is 44.2 Å². The zero-order valence-electron chi connectivity index (χ0n) is 13.3. The molecule has 1 heterocycles. The third kappa shape index (κ3) is 7.82. The fourth-order valence-electron chi connectivity index (χ4n) is 2.78. The number of amides is 1. The zero-order chi connectivity index (χ0) is 14.9. The first-order valence-corrected chi connectivity index (χ1v) is 7.80. The third-order valence-electron chi connectivity index (χ3n) is 4.10. The molecule has 1 fully saturated rings. The predicted octanol–water partition coefficient (Wildman–Crippen LogP) is -3.57. The molecule has 0 unspecified atom stereocenters. The maximum absolute atomic E-state index is 12.2. The number of pyridine rings is 1. The van der Waals surface area contributed by atoms with Gasteiger partial charge in [0, 0.05) is 30.9 Å². The smallest absolute Gasteiger partial charge is 0.223 e. The number of carbonyl (C=O) groups is 1. The molecule has 0 spiro atoms. The lowest BCUT2D eigenvalue weighted by Crippen LogP contribution is -3.00.